The van der Waals surface area contributed by atoms with Crippen LogP contribution < -0.4 is 5.56 Å². The molecule has 0 aliphatic carbocycles. The number of fused-ring (bicyclic) bond motifs is 1. The van der Waals surface area contributed by atoms with Gasteiger partial charge < -0.3 is 5.11 Å². The number of aromatic hydroxyl groups is 1. The molecule has 0 bridgehead atoms. The van der Waals surface area contributed by atoms with Gasteiger partial charge in [0.25, 0.3) is 5.56 Å². The van der Waals surface area contributed by atoms with E-state index in [1.807, 2.05) is 31.2 Å². The maximum atomic E-state index is 13.1. The van der Waals surface area contributed by atoms with Gasteiger partial charge in [0.15, 0.2) is 0 Å². The van der Waals surface area contributed by atoms with Crippen LogP contribution in [0.25, 0.3) is 28.0 Å². The smallest absolute Gasteiger partial charge is 0.266 e. The second kappa shape index (κ2) is 5.87. The van der Waals surface area contributed by atoms with E-state index >= 15 is 0 Å². The second-order valence-corrected chi connectivity index (χ2v) is 5.81. The molecule has 0 radical (unpaired) electrons. The van der Waals surface area contributed by atoms with Gasteiger partial charge in [-0.2, -0.15) is 0 Å². The summed E-state index contributed by atoms with van der Waals surface area (Å²) >= 11 is 0. The predicted molar refractivity (Wildman–Crippen MR) is 97.0 cm³/mol. The molecule has 0 spiro atoms. The summed E-state index contributed by atoms with van der Waals surface area (Å²) < 4.78 is 1.51. The van der Waals surface area contributed by atoms with Gasteiger partial charge in [-0.1, -0.05) is 18.2 Å². The van der Waals surface area contributed by atoms with Crippen LogP contribution in [0.1, 0.15) is 5.56 Å². The summed E-state index contributed by atoms with van der Waals surface area (Å²) in [5, 5.41) is 10.6. The third kappa shape index (κ3) is 2.55. The Morgan fingerprint density at radius 1 is 1.04 bits per heavy atom. The number of aromatic nitrogens is 3. The highest BCUT2D eigenvalue weighted by molar-refractivity contribution is 5.80. The first-order valence-electron chi connectivity index (χ1n) is 7.87. The summed E-state index contributed by atoms with van der Waals surface area (Å²) in [6, 6.07) is 16.0. The fourth-order valence-electron chi connectivity index (χ4n) is 2.80. The molecule has 5 heteroatoms. The lowest BCUT2D eigenvalue weighted by Crippen LogP contribution is -2.22. The number of rotatable bonds is 2. The lowest BCUT2D eigenvalue weighted by atomic mass is 10.1. The average Bonchev–Trinajstić information content (AvgIpc) is 2.65. The monoisotopic (exact) mass is 329 g/mol. The SMILES string of the molecule is Cc1ccc(-n2c(-c3cccnc3)nc3ccccc3c2=O)cc1O. The van der Waals surface area contributed by atoms with Crippen LogP contribution in [0.5, 0.6) is 5.75 Å². The molecule has 5 nitrogen and oxygen atoms in total. The number of nitrogens with zero attached hydrogens (tertiary/aromatic N) is 3. The molecule has 2 aromatic heterocycles. The van der Waals surface area contributed by atoms with Crippen molar-refractivity contribution in [2.45, 2.75) is 6.92 Å². The number of hydrogen-bond donors (Lipinski definition) is 1. The predicted octanol–water partition coefficient (Wildman–Crippen LogP) is 3.46. The van der Waals surface area contributed by atoms with Crippen LogP contribution in [-0.2, 0) is 0 Å². The van der Waals surface area contributed by atoms with Crippen molar-refractivity contribution in [3.63, 3.8) is 0 Å². The molecule has 0 unspecified atom stereocenters. The lowest BCUT2D eigenvalue weighted by Gasteiger charge is -2.14. The highest BCUT2D eigenvalue weighted by atomic mass is 16.3. The molecule has 0 aliphatic heterocycles. The highest BCUT2D eigenvalue weighted by Crippen LogP contribution is 2.25. The number of phenols is 1. The van der Waals surface area contributed by atoms with Crippen LogP contribution in [0, 0.1) is 6.92 Å². The average molecular weight is 329 g/mol. The third-order valence-electron chi connectivity index (χ3n) is 4.15. The molecule has 25 heavy (non-hydrogen) atoms. The van der Waals surface area contributed by atoms with Gasteiger partial charge in [0.05, 0.1) is 16.6 Å². The van der Waals surface area contributed by atoms with E-state index in [2.05, 4.69) is 9.97 Å². The summed E-state index contributed by atoms with van der Waals surface area (Å²) in [6.07, 6.45) is 3.34. The molecule has 122 valence electrons. The van der Waals surface area contributed by atoms with Crippen LogP contribution in [0.3, 0.4) is 0 Å². The molecule has 0 fully saturated rings. The minimum absolute atomic E-state index is 0.134. The molecule has 0 aliphatic rings. The molecule has 0 saturated heterocycles. The third-order valence-corrected chi connectivity index (χ3v) is 4.15. The first-order valence-corrected chi connectivity index (χ1v) is 7.87. The summed E-state index contributed by atoms with van der Waals surface area (Å²) in [5.74, 6) is 0.620. The molecule has 1 N–H and O–H groups in total. The maximum Gasteiger partial charge on any atom is 0.266 e. The molecular formula is C20H15N3O2. The molecule has 0 amide bonds. The Balaban J connectivity index is 2.12. The summed E-state index contributed by atoms with van der Waals surface area (Å²) in [5.41, 5.74) is 2.47. The Labute approximate surface area is 143 Å². The molecule has 2 heterocycles. The first-order chi connectivity index (χ1) is 12.1. The van der Waals surface area contributed by atoms with E-state index < -0.39 is 0 Å². The Bertz CT molecular complexity index is 1130. The van der Waals surface area contributed by atoms with Crippen molar-refractivity contribution in [1.82, 2.24) is 14.5 Å². The van der Waals surface area contributed by atoms with Gasteiger partial charge in [-0.05, 0) is 42.8 Å². The number of aryl methyl sites for hydroxylation is 1. The van der Waals surface area contributed by atoms with E-state index in [1.54, 1.807) is 42.7 Å². The van der Waals surface area contributed by atoms with Crippen molar-refractivity contribution >= 4 is 10.9 Å². The molecule has 2 aromatic carbocycles. The van der Waals surface area contributed by atoms with Crippen LogP contribution in [0.2, 0.25) is 0 Å². The van der Waals surface area contributed by atoms with Crippen LogP contribution in [-0.4, -0.2) is 19.6 Å². The summed E-state index contributed by atoms with van der Waals surface area (Å²) in [7, 11) is 0. The number of hydrogen-bond acceptors (Lipinski definition) is 4. The molecular weight excluding hydrogens is 314 g/mol. The van der Waals surface area contributed by atoms with Crippen molar-refractivity contribution in [2.75, 3.05) is 0 Å². The maximum absolute atomic E-state index is 13.1. The van der Waals surface area contributed by atoms with E-state index in [9.17, 15) is 9.90 Å². The zero-order chi connectivity index (χ0) is 17.4. The van der Waals surface area contributed by atoms with Crippen LogP contribution >= 0.6 is 0 Å². The number of benzene rings is 2. The minimum atomic E-state index is -0.187. The molecule has 4 aromatic rings. The van der Waals surface area contributed by atoms with Gasteiger partial charge in [0.1, 0.15) is 11.6 Å². The van der Waals surface area contributed by atoms with Crippen molar-refractivity contribution in [3.05, 3.63) is 82.9 Å². The summed E-state index contributed by atoms with van der Waals surface area (Å²) in [4.78, 5) is 21.9. The fourth-order valence-corrected chi connectivity index (χ4v) is 2.80. The minimum Gasteiger partial charge on any atom is -0.508 e. The largest absolute Gasteiger partial charge is 0.508 e. The van der Waals surface area contributed by atoms with Gasteiger partial charge in [0, 0.05) is 24.0 Å². The van der Waals surface area contributed by atoms with E-state index in [0.717, 1.165) is 11.1 Å². The molecule has 0 saturated carbocycles. The van der Waals surface area contributed by atoms with Crippen molar-refractivity contribution in [1.29, 1.82) is 0 Å². The van der Waals surface area contributed by atoms with E-state index in [0.29, 0.717) is 22.4 Å². The van der Waals surface area contributed by atoms with E-state index in [1.165, 1.54) is 4.57 Å². The van der Waals surface area contributed by atoms with Gasteiger partial charge in [0.2, 0.25) is 0 Å². The normalized spacial score (nSPS) is 10.9. The number of pyridine rings is 1. The molecule has 4 rings (SSSR count). The summed E-state index contributed by atoms with van der Waals surface area (Å²) in [6.45, 7) is 1.81. The zero-order valence-corrected chi connectivity index (χ0v) is 13.5. The zero-order valence-electron chi connectivity index (χ0n) is 13.5. The van der Waals surface area contributed by atoms with E-state index in [4.69, 9.17) is 0 Å². The van der Waals surface area contributed by atoms with Crippen LogP contribution in [0.15, 0.2) is 71.8 Å². The Hall–Kier alpha value is -3.47. The first kappa shape index (κ1) is 15.1. The van der Waals surface area contributed by atoms with E-state index in [-0.39, 0.29) is 11.3 Å². The Morgan fingerprint density at radius 2 is 1.88 bits per heavy atom. The molecule has 0 atom stereocenters. The van der Waals surface area contributed by atoms with Gasteiger partial charge in [-0.3, -0.25) is 14.3 Å². The Kier molecular flexibility index (Phi) is 3.54. The van der Waals surface area contributed by atoms with Gasteiger partial charge in [-0.15, -0.1) is 0 Å². The van der Waals surface area contributed by atoms with Gasteiger partial charge >= 0.3 is 0 Å². The quantitative estimate of drug-likeness (QED) is 0.611. The fraction of sp³-hybridized carbons (Fsp3) is 0.0500. The second-order valence-electron chi connectivity index (χ2n) is 5.81. The van der Waals surface area contributed by atoms with Crippen molar-refractivity contribution in [3.8, 4) is 22.8 Å². The van der Waals surface area contributed by atoms with Gasteiger partial charge in [-0.25, -0.2) is 4.98 Å². The number of para-hydroxylation sites is 1. The Morgan fingerprint density at radius 3 is 2.64 bits per heavy atom. The van der Waals surface area contributed by atoms with Crippen molar-refractivity contribution in [2.24, 2.45) is 0 Å². The standard InChI is InChI=1S/C20H15N3O2/c1-13-8-9-15(11-18(13)24)23-19(14-5-4-10-21-12-14)22-17-7-3-2-6-16(17)20(23)25/h2-12,24H,1H3. The van der Waals surface area contributed by atoms with Crippen LogP contribution in [0.4, 0.5) is 0 Å². The number of phenolic OH excluding ortho intramolecular Hbond substituents is 1. The van der Waals surface area contributed by atoms with Crippen molar-refractivity contribution < 1.29 is 5.11 Å². The lowest BCUT2D eigenvalue weighted by molar-refractivity contribution is 0.471. The topological polar surface area (TPSA) is 68.0 Å². The highest BCUT2D eigenvalue weighted by Gasteiger charge is 2.15.